The zero-order valence-corrected chi connectivity index (χ0v) is 12.4. The number of carbonyl (C=O) groups excluding carboxylic acids is 1. The summed E-state index contributed by atoms with van der Waals surface area (Å²) in [5, 5.41) is 2.14. The van der Waals surface area contributed by atoms with Gasteiger partial charge < -0.3 is 10.1 Å². The molecule has 0 fully saturated rings. The molecular weight excluding hydrogens is 322 g/mol. The largest absolute Gasteiger partial charge is 0.444 e. The van der Waals surface area contributed by atoms with E-state index in [2.05, 4.69) is 26.2 Å². The maximum atomic E-state index is 13.0. The number of ether oxygens (including phenoxy) is 1. The number of aromatic nitrogens is 1. The van der Waals surface area contributed by atoms with Gasteiger partial charge in [0.05, 0.1) is 0 Å². The van der Waals surface area contributed by atoms with E-state index in [1.165, 1.54) is 18.3 Å². The molecule has 0 radical (unpaired) electrons. The second-order valence-corrected chi connectivity index (χ2v) is 5.69. The quantitative estimate of drug-likeness (QED) is 0.856. The third-order valence-electron chi connectivity index (χ3n) is 2.03. The molecule has 0 saturated heterocycles. The van der Waals surface area contributed by atoms with Crippen LogP contribution in [0.2, 0.25) is 0 Å². The number of amides is 1. The van der Waals surface area contributed by atoms with Gasteiger partial charge in [-0.05, 0) is 48.3 Å². The molecule has 1 rings (SSSR count). The Morgan fingerprint density at radius 3 is 2.47 bits per heavy atom. The van der Waals surface area contributed by atoms with Gasteiger partial charge in [-0.2, -0.15) is 0 Å². The lowest BCUT2D eigenvalue weighted by molar-refractivity contribution is 0.0372. The molecule has 1 amide bonds. The summed E-state index contributed by atoms with van der Waals surface area (Å²) in [6.45, 7) is 4.97. The smallest absolute Gasteiger partial charge is 0.408 e. The number of halogens is 3. The van der Waals surface area contributed by atoms with Crippen LogP contribution in [0.1, 0.15) is 32.4 Å². The summed E-state index contributed by atoms with van der Waals surface area (Å²) in [4.78, 5) is 15.4. The van der Waals surface area contributed by atoms with Crippen LogP contribution in [0.15, 0.2) is 22.9 Å². The molecule has 1 heterocycles. The summed E-state index contributed by atoms with van der Waals surface area (Å²) in [5.41, 5.74) is -0.529. The monoisotopic (exact) mass is 336 g/mol. The Hall–Kier alpha value is -1.24. The zero-order chi connectivity index (χ0) is 14.6. The normalized spacial score (nSPS) is 13.2. The number of nitrogens with one attached hydrogen (secondary N) is 1. The van der Waals surface area contributed by atoms with Crippen LogP contribution in [0.3, 0.4) is 0 Å². The number of hydrogen-bond acceptors (Lipinski definition) is 3. The molecule has 0 saturated carbocycles. The Morgan fingerprint density at radius 2 is 2.05 bits per heavy atom. The van der Waals surface area contributed by atoms with E-state index >= 15 is 0 Å². The highest BCUT2D eigenvalue weighted by atomic mass is 79.9. The summed E-state index contributed by atoms with van der Waals surface area (Å²) < 4.78 is 31.4. The van der Waals surface area contributed by atoms with Gasteiger partial charge in [0, 0.05) is 6.20 Å². The van der Waals surface area contributed by atoms with Gasteiger partial charge in [-0.25, -0.2) is 18.6 Å². The maximum Gasteiger partial charge on any atom is 0.408 e. The van der Waals surface area contributed by atoms with Gasteiger partial charge in [0.25, 0.3) is 6.43 Å². The molecule has 1 unspecified atom stereocenters. The number of pyridine rings is 1. The molecule has 0 aliphatic rings. The highest BCUT2D eigenvalue weighted by Gasteiger charge is 2.27. The molecule has 106 valence electrons. The van der Waals surface area contributed by atoms with Crippen molar-refractivity contribution >= 4 is 22.0 Å². The SMILES string of the molecule is CC(C)(C)OC(=O)NC(c1ccc(Br)nc1)C(F)F. The summed E-state index contributed by atoms with van der Waals surface area (Å²) in [7, 11) is 0. The van der Waals surface area contributed by atoms with Crippen molar-refractivity contribution in [3.63, 3.8) is 0 Å². The topological polar surface area (TPSA) is 51.2 Å². The van der Waals surface area contributed by atoms with Gasteiger partial charge >= 0.3 is 6.09 Å². The van der Waals surface area contributed by atoms with E-state index in [0.717, 1.165) is 0 Å². The number of nitrogens with zero attached hydrogens (tertiary/aromatic N) is 1. The lowest BCUT2D eigenvalue weighted by Crippen LogP contribution is -2.37. The average molecular weight is 337 g/mol. The molecule has 19 heavy (non-hydrogen) atoms. The van der Waals surface area contributed by atoms with Crippen molar-refractivity contribution in [2.45, 2.75) is 38.8 Å². The fraction of sp³-hybridized carbons (Fsp3) is 0.500. The first-order chi connectivity index (χ1) is 8.69. The second kappa shape index (κ2) is 6.27. The van der Waals surface area contributed by atoms with Crippen LogP contribution in [0.5, 0.6) is 0 Å². The Bertz CT molecular complexity index is 432. The number of hydrogen-bond donors (Lipinski definition) is 1. The number of alkyl carbamates (subject to hydrolysis) is 1. The molecule has 0 spiro atoms. The van der Waals surface area contributed by atoms with Crippen molar-refractivity contribution < 1.29 is 18.3 Å². The van der Waals surface area contributed by atoms with Gasteiger partial charge in [0.1, 0.15) is 16.2 Å². The Kier molecular flexibility index (Phi) is 5.22. The first kappa shape index (κ1) is 15.8. The lowest BCUT2D eigenvalue weighted by Gasteiger charge is -2.23. The zero-order valence-electron chi connectivity index (χ0n) is 10.8. The summed E-state index contributed by atoms with van der Waals surface area (Å²) in [5.74, 6) is 0. The van der Waals surface area contributed by atoms with Gasteiger partial charge in [-0.1, -0.05) is 6.07 Å². The summed E-state index contributed by atoms with van der Waals surface area (Å²) in [6.07, 6.45) is -2.37. The van der Waals surface area contributed by atoms with Crippen LogP contribution < -0.4 is 5.32 Å². The van der Waals surface area contributed by atoms with E-state index in [1.807, 2.05) is 0 Å². The lowest BCUT2D eigenvalue weighted by atomic mass is 10.1. The highest BCUT2D eigenvalue weighted by molar-refractivity contribution is 9.10. The molecule has 1 atom stereocenters. The van der Waals surface area contributed by atoms with Crippen LogP contribution >= 0.6 is 15.9 Å². The third-order valence-corrected chi connectivity index (χ3v) is 2.50. The van der Waals surface area contributed by atoms with Gasteiger partial charge in [0.2, 0.25) is 0 Å². The Balaban J connectivity index is 2.79. The third kappa shape index (κ3) is 5.50. The molecule has 7 heteroatoms. The molecular formula is C12H15BrF2N2O2. The van der Waals surface area contributed by atoms with Crippen LogP contribution in [-0.4, -0.2) is 23.1 Å². The summed E-state index contributed by atoms with van der Waals surface area (Å²) >= 11 is 3.11. The molecule has 1 N–H and O–H groups in total. The van der Waals surface area contributed by atoms with Crippen molar-refractivity contribution in [3.8, 4) is 0 Å². The molecule has 0 bridgehead atoms. The fourth-order valence-corrected chi connectivity index (χ4v) is 1.53. The van der Waals surface area contributed by atoms with Gasteiger partial charge in [-0.3, -0.25) is 0 Å². The Morgan fingerprint density at radius 1 is 1.42 bits per heavy atom. The minimum atomic E-state index is -2.75. The molecule has 1 aromatic rings. The molecule has 0 aromatic carbocycles. The predicted molar refractivity (Wildman–Crippen MR) is 70.1 cm³/mol. The molecule has 0 aliphatic carbocycles. The Labute approximate surface area is 118 Å². The van der Waals surface area contributed by atoms with E-state index in [0.29, 0.717) is 4.60 Å². The predicted octanol–water partition coefficient (Wildman–Crippen LogP) is 3.68. The van der Waals surface area contributed by atoms with Crippen molar-refractivity contribution in [1.29, 1.82) is 0 Å². The average Bonchev–Trinajstić information content (AvgIpc) is 2.24. The first-order valence-corrected chi connectivity index (χ1v) is 6.37. The van der Waals surface area contributed by atoms with E-state index < -0.39 is 24.2 Å². The van der Waals surface area contributed by atoms with Crippen molar-refractivity contribution in [3.05, 3.63) is 28.5 Å². The van der Waals surface area contributed by atoms with Crippen LogP contribution in [0, 0.1) is 0 Å². The van der Waals surface area contributed by atoms with Gasteiger partial charge in [-0.15, -0.1) is 0 Å². The van der Waals surface area contributed by atoms with Gasteiger partial charge in [0.15, 0.2) is 0 Å². The minimum Gasteiger partial charge on any atom is -0.444 e. The standard InChI is InChI=1S/C12H15BrF2N2O2/c1-12(2,3)19-11(18)17-9(10(14)15)7-4-5-8(13)16-6-7/h4-6,9-10H,1-3H3,(H,17,18). The van der Waals surface area contributed by atoms with E-state index in [4.69, 9.17) is 4.74 Å². The van der Waals surface area contributed by atoms with Crippen LogP contribution in [-0.2, 0) is 4.74 Å². The number of rotatable bonds is 3. The highest BCUT2D eigenvalue weighted by Crippen LogP contribution is 2.22. The van der Waals surface area contributed by atoms with E-state index in [-0.39, 0.29) is 5.56 Å². The van der Waals surface area contributed by atoms with E-state index in [9.17, 15) is 13.6 Å². The molecule has 1 aromatic heterocycles. The maximum absolute atomic E-state index is 13.0. The number of carbonyl (C=O) groups is 1. The first-order valence-electron chi connectivity index (χ1n) is 5.58. The number of alkyl halides is 2. The summed E-state index contributed by atoms with van der Waals surface area (Å²) in [6, 6.07) is 1.54. The second-order valence-electron chi connectivity index (χ2n) is 4.87. The molecule has 4 nitrogen and oxygen atoms in total. The fourth-order valence-electron chi connectivity index (χ4n) is 1.30. The van der Waals surface area contributed by atoms with E-state index in [1.54, 1.807) is 20.8 Å². The minimum absolute atomic E-state index is 0.212. The van der Waals surface area contributed by atoms with Crippen molar-refractivity contribution in [2.24, 2.45) is 0 Å². The van der Waals surface area contributed by atoms with Crippen LogP contribution in [0.25, 0.3) is 0 Å². The van der Waals surface area contributed by atoms with Crippen LogP contribution in [0.4, 0.5) is 13.6 Å². The van der Waals surface area contributed by atoms with Crippen molar-refractivity contribution in [1.82, 2.24) is 10.3 Å². The molecule has 0 aliphatic heterocycles. The van der Waals surface area contributed by atoms with Crippen molar-refractivity contribution in [2.75, 3.05) is 0 Å².